The molecule has 0 aliphatic carbocycles. The summed E-state index contributed by atoms with van der Waals surface area (Å²) in [5.74, 6) is 0.188. The maximum Gasteiger partial charge on any atom is 0.214 e. The molecule has 2 aliphatic rings. The van der Waals surface area contributed by atoms with Crippen LogP contribution >= 0.6 is 0 Å². The van der Waals surface area contributed by atoms with Gasteiger partial charge in [-0.3, -0.25) is 0 Å². The van der Waals surface area contributed by atoms with Crippen LogP contribution in [-0.2, 0) is 14.8 Å². The second-order valence-corrected chi connectivity index (χ2v) is 6.68. The van der Waals surface area contributed by atoms with Crippen LogP contribution in [-0.4, -0.2) is 56.9 Å². The molecule has 0 aromatic heterocycles. The van der Waals surface area contributed by atoms with E-state index in [0.29, 0.717) is 19.2 Å². The van der Waals surface area contributed by atoms with Crippen molar-refractivity contribution >= 4 is 10.0 Å². The standard InChI is InChI=1S/C10H20N2O3S/c1-2-16(13,14)12-7-10(8-12)15-9-3-5-11-6-4-9/h9-11H,2-8H2,1H3. The minimum Gasteiger partial charge on any atom is -0.372 e. The summed E-state index contributed by atoms with van der Waals surface area (Å²) in [4.78, 5) is 0. The highest BCUT2D eigenvalue weighted by Gasteiger charge is 2.36. The Labute approximate surface area is 97.2 Å². The molecule has 0 spiro atoms. The summed E-state index contributed by atoms with van der Waals surface area (Å²) in [7, 11) is -2.99. The summed E-state index contributed by atoms with van der Waals surface area (Å²) < 4.78 is 30.3. The number of sulfonamides is 1. The molecule has 0 bridgehead atoms. The van der Waals surface area contributed by atoms with Crippen molar-refractivity contribution in [2.75, 3.05) is 31.9 Å². The number of rotatable bonds is 4. The van der Waals surface area contributed by atoms with Crippen LogP contribution in [0, 0.1) is 0 Å². The maximum atomic E-state index is 11.5. The average Bonchev–Trinajstić information content (AvgIpc) is 2.24. The molecule has 2 rings (SSSR count). The Bertz CT molecular complexity index is 319. The molecule has 0 aromatic carbocycles. The smallest absolute Gasteiger partial charge is 0.214 e. The van der Waals surface area contributed by atoms with E-state index < -0.39 is 10.0 Å². The fourth-order valence-corrected chi connectivity index (χ4v) is 3.25. The van der Waals surface area contributed by atoms with E-state index in [1.807, 2.05) is 0 Å². The van der Waals surface area contributed by atoms with Gasteiger partial charge in [0, 0.05) is 13.1 Å². The zero-order valence-corrected chi connectivity index (χ0v) is 10.5. The van der Waals surface area contributed by atoms with E-state index in [9.17, 15) is 8.42 Å². The molecule has 0 atom stereocenters. The van der Waals surface area contributed by atoms with Gasteiger partial charge >= 0.3 is 0 Å². The van der Waals surface area contributed by atoms with Gasteiger partial charge in [-0.1, -0.05) is 0 Å². The van der Waals surface area contributed by atoms with Crippen molar-refractivity contribution in [2.45, 2.75) is 32.0 Å². The van der Waals surface area contributed by atoms with E-state index in [-0.39, 0.29) is 11.9 Å². The molecular formula is C10H20N2O3S. The van der Waals surface area contributed by atoms with Gasteiger partial charge in [0.15, 0.2) is 0 Å². The highest BCUT2D eigenvalue weighted by molar-refractivity contribution is 7.89. The molecular weight excluding hydrogens is 228 g/mol. The van der Waals surface area contributed by atoms with Gasteiger partial charge in [-0.25, -0.2) is 8.42 Å². The van der Waals surface area contributed by atoms with E-state index in [4.69, 9.17) is 4.74 Å². The summed E-state index contributed by atoms with van der Waals surface area (Å²) in [5.41, 5.74) is 0. The van der Waals surface area contributed by atoms with Gasteiger partial charge < -0.3 is 10.1 Å². The van der Waals surface area contributed by atoms with Crippen LogP contribution in [0.3, 0.4) is 0 Å². The number of hydrogen-bond acceptors (Lipinski definition) is 4. The molecule has 1 N–H and O–H groups in total. The molecule has 0 saturated carbocycles. The van der Waals surface area contributed by atoms with Crippen LogP contribution in [0.25, 0.3) is 0 Å². The van der Waals surface area contributed by atoms with Gasteiger partial charge in [0.1, 0.15) is 0 Å². The molecule has 0 unspecified atom stereocenters. The number of nitrogens with one attached hydrogen (secondary N) is 1. The quantitative estimate of drug-likeness (QED) is 0.748. The highest BCUT2D eigenvalue weighted by Crippen LogP contribution is 2.20. The first-order valence-electron chi connectivity index (χ1n) is 5.96. The first-order valence-corrected chi connectivity index (χ1v) is 7.56. The molecule has 2 saturated heterocycles. The summed E-state index contributed by atoms with van der Waals surface area (Å²) >= 11 is 0. The van der Waals surface area contributed by atoms with E-state index >= 15 is 0 Å². The zero-order valence-electron chi connectivity index (χ0n) is 9.68. The summed E-state index contributed by atoms with van der Waals surface area (Å²) in [6.45, 7) is 4.78. The fourth-order valence-electron chi connectivity index (χ4n) is 2.10. The molecule has 0 amide bonds. The van der Waals surface area contributed by atoms with Gasteiger partial charge in [-0.05, 0) is 32.9 Å². The Morgan fingerprint density at radius 2 is 1.88 bits per heavy atom. The third-order valence-electron chi connectivity index (χ3n) is 3.24. The number of piperidine rings is 1. The Morgan fingerprint density at radius 3 is 2.44 bits per heavy atom. The van der Waals surface area contributed by atoms with E-state index in [1.165, 1.54) is 4.31 Å². The summed E-state index contributed by atoms with van der Waals surface area (Å²) in [6, 6.07) is 0. The number of nitrogens with zero attached hydrogens (tertiary/aromatic N) is 1. The van der Waals surface area contributed by atoms with Crippen LogP contribution in [0.15, 0.2) is 0 Å². The zero-order chi connectivity index (χ0) is 11.6. The Balaban J connectivity index is 1.72. The van der Waals surface area contributed by atoms with Crippen LogP contribution in [0.1, 0.15) is 19.8 Å². The van der Waals surface area contributed by atoms with Gasteiger partial charge in [0.25, 0.3) is 0 Å². The monoisotopic (exact) mass is 248 g/mol. The maximum absolute atomic E-state index is 11.5. The highest BCUT2D eigenvalue weighted by atomic mass is 32.2. The van der Waals surface area contributed by atoms with E-state index in [2.05, 4.69) is 5.32 Å². The lowest BCUT2D eigenvalue weighted by molar-refractivity contribution is -0.0754. The lowest BCUT2D eigenvalue weighted by Gasteiger charge is -2.40. The van der Waals surface area contributed by atoms with Crippen LogP contribution < -0.4 is 5.32 Å². The summed E-state index contributed by atoms with van der Waals surface area (Å²) in [5, 5.41) is 3.28. The summed E-state index contributed by atoms with van der Waals surface area (Å²) in [6.07, 6.45) is 2.51. The third kappa shape index (κ3) is 2.74. The van der Waals surface area contributed by atoms with Crippen molar-refractivity contribution < 1.29 is 13.2 Å². The molecule has 6 heteroatoms. The second-order valence-electron chi connectivity index (χ2n) is 4.42. The number of ether oxygens (including phenoxy) is 1. The van der Waals surface area contributed by atoms with Crippen molar-refractivity contribution in [3.8, 4) is 0 Å². The van der Waals surface area contributed by atoms with E-state index in [1.54, 1.807) is 6.92 Å². The van der Waals surface area contributed by atoms with Crippen molar-refractivity contribution in [3.05, 3.63) is 0 Å². The fraction of sp³-hybridized carbons (Fsp3) is 1.00. The first kappa shape index (κ1) is 12.3. The van der Waals surface area contributed by atoms with Gasteiger partial charge in [-0.2, -0.15) is 4.31 Å². The van der Waals surface area contributed by atoms with E-state index in [0.717, 1.165) is 25.9 Å². The minimum absolute atomic E-state index is 0.115. The molecule has 0 aromatic rings. The average molecular weight is 248 g/mol. The second kappa shape index (κ2) is 5.00. The minimum atomic E-state index is -2.99. The number of hydrogen-bond donors (Lipinski definition) is 1. The molecule has 0 radical (unpaired) electrons. The Kier molecular flexibility index (Phi) is 3.84. The van der Waals surface area contributed by atoms with Gasteiger partial charge in [-0.15, -0.1) is 0 Å². The van der Waals surface area contributed by atoms with Gasteiger partial charge in [0.2, 0.25) is 10.0 Å². The largest absolute Gasteiger partial charge is 0.372 e. The SMILES string of the molecule is CCS(=O)(=O)N1CC(OC2CCNCC2)C1. The Hall–Kier alpha value is -0.170. The lowest BCUT2D eigenvalue weighted by Crippen LogP contribution is -2.56. The first-order chi connectivity index (χ1) is 7.62. The molecule has 2 fully saturated rings. The predicted octanol–water partition coefficient (Wildman–Crippen LogP) is -0.211. The van der Waals surface area contributed by atoms with Crippen molar-refractivity contribution in [3.63, 3.8) is 0 Å². The predicted molar refractivity (Wildman–Crippen MR) is 61.8 cm³/mol. The molecule has 5 nitrogen and oxygen atoms in total. The van der Waals surface area contributed by atoms with Crippen molar-refractivity contribution in [1.82, 2.24) is 9.62 Å². The molecule has 16 heavy (non-hydrogen) atoms. The normalized spacial score (nSPS) is 25.6. The van der Waals surface area contributed by atoms with Crippen LogP contribution in [0.2, 0.25) is 0 Å². The van der Waals surface area contributed by atoms with Crippen molar-refractivity contribution in [1.29, 1.82) is 0 Å². The van der Waals surface area contributed by atoms with Crippen LogP contribution in [0.5, 0.6) is 0 Å². The topological polar surface area (TPSA) is 58.6 Å². The third-order valence-corrected chi connectivity index (χ3v) is 5.06. The molecule has 94 valence electrons. The van der Waals surface area contributed by atoms with Crippen LogP contribution in [0.4, 0.5) is 0 Å². The van der Waals surface area contributed by atoms with Gasteiger partial charge in [0.05, 0.1) is 18.0 Å². The van der Waals surface area contributed by atoms with Crippen molar-refractivity contribution in [2.24, 2.45) is 0 Å². The molecule has 2 aliphatic heterocycles. The Morgan fingerprint density at radius 1 is 1.25 bits per heavy atom. The lowest BCUT2D eigenvalue weighted by atomic mass is 10.1. The molecule has 2 heterocycles.